The van der Waals surface area contributed by atoms with Gasteiger partial charge in [-0.2, -0.15) is 0 Å². The van der Waals surface area contributed by atoms with Crippen LogP contribution in [-0.2, 0) is 0 Å². The Morgan fingerprint density at radius 1 is 1.00 bits per heavy atom. The van der Waals surface area contributed by atoms with E-state index in [0.29, 0.717) is 21.2 Å². The fourth-order valence-corrected chi connectivity index (χ4v) is 3.28. The number of nitrogens with zero attached hydrogens (tertiary/aromatic N) is 3. The molecule has 24 heavy (non-hydrogen) atoms. The number of rotatable bonds is 3. The SMILES string of the molecule is O=[N+]([O-])c1ccc(-c2nc3c(cc([N+](=O)[O-])c4ccccc43)o2)s1. The van der Waals surface area contributed by atoms with Gasteiger partial charge in [-0.25, -0.2) is 4.98 Å². The molecule has 0 radical (unpaired) electrons. The van der Waals surface area contributed by atoms with Crippen molar-refractivity contribution in [2.75, 3.05) is 0 Å². The monoisotopic (exact) mass is 341 g/mol. The number of hydrogen-bond donors (Lipinski definition) is 0. The van der Waals surface area contributed by atoms with Crippen LogP contribution >= 0.6 is 11.3 Å². The van der Waals surface area contributed by atoms with Crippen molar-refractivity contribution in [2.45, 2.75) is 0 Å². The van der Waals surface area contributed by atoms with Crippen LogP contribution in [0.3, 0.4) is 0 Å². The number of non-ortho nitro benzene ring substituents is 1. The number of nitro groups is 2. The number of oxazole rings is 1. The molecular weight excluding hydrogens is 334 g/mol. The lowest BCUT2D eigenvalue weighted by atomic mass is 10.1. The number of hydrogen-bond acceptors (Lipinski definition) is 7. The highest BCUT2D eigenvalue weighted by Gasteiger charge is 2.21. The highest BCUT2D eigenvalue weighted by molar-refractivity contribution is 7.18. The second kappa shape index (κ2) is 5.10. The summed E-state index contributed by atoms with van der Waals surface area (Å²) in [5.74, 6) is 0.203. The molecule has 9 heteroatoms. The van der Waals surface area contributed by atoms with E-state index in [0.717, 1.165) is 11.3 Å². The van der Waals surface area contributed by atoms with Gasteiger partial charge >= 0.3 is 5.00 Å². The highest BCUT2D eigenvalue weighted by Crippen LogP contribution is 2.38. The van der Waals surface area contributed by atoms with E-state index in [2.05, 4.69) is 4.98 Å². The van der Waals surface area contributed by atoms with Crippen LogP contribution in [0.15, 0.2) is 46.9 Å². The molecule has 118 valence electrons. The average molecular weight is 341 g/mol. The van der Waals surface area contributed by atoms with Gasteiger partial charge in [0.1, 0.15) is 5.52 Å². The van der Waals surface area contributed by atoms with Crippen LogP contribution in [0, 0.1) is 20.2 Å². The third-order valence-corrected chi connectivity index (χ3v) is 4.58. The summed E-state index contributed by atoms with van der Waals surface area (Å²) in [5.41, 5.74) is 0.687. The Bertz CT molecular complexity index is 1130. The Balaban J connectivity index is 1.99. The minimum Gasteiger partial charge on any atom is -0.435 e. The molecule has 0 aliphatic rings. The van der Waals surface area contributed by atoms with Gasteiger partial charge in [0.05, 0.1) is 26.2 Å². The predicted molar refractivity (Wildman–Crippen MR) is 88.1 cm³/mol. The third kappa shape index (κ3) is 2.10. The molecule has 0 N–H and O–H groups in total. The maximum atomic E-state index is 11.3. The molecule has 4 rings (SSSR count). The topological polar surface area (TPSA) is 112 Å². The second-order valence-electron chi connectivity index (χ2n) is 4.96. The summed E-state index contributed by atoms with van der Waals surface area (Å²) < 4.78 is 5.62. The van der Waals surface area contributed by atoms with Crippen molar-refractivity contribution in [3.8, 4) is 10.8 Å². The highest BCUT2D eigenvalue weighted by atomic mass is 32.1. The van der Waals surface area contributed by atoms with Crippen LogP contribution in [-0.4, -0.2) is 14.8 Å². The van der Waals surface area contributed by atoms with Crippen molar-refractivity contribution < 1.29 is 14.3 Å². The van der Waals surface area contributed by atoms with Gasteiger partial charge in [-0.3, -0.25) is 20.2 Å². The van der Waals surface area contributed by atoms with Crippen LogP contribution in [0.1, 0.15) is 0 Å². The molecule has 0 atom stereocenters. The first-order valence-corrected chi connectivity index (χ1v) is 7.57. The molecule has 2 aromatic heterocycles. The van der Waals surface area contributed by atoms with Crippen molar-refractivity contribution in [2.24, 2.45) is 0 Å². The van der Waals surface area contributed by atoms with Crippen LogP contribution in [0.25, 0.3) is 32.6 Å². The van der Waals surface area contributed by atoms with Gasteiger partial charge in [0.2, 0.25) is 5.89 Å². The lowest BCUT2D eigenvalue weighted by Crippen LogP contribution is -1.89. The molecule has 2 heterocycles. The Morgan fingerprint density at radius 3 is 2.42 bits per heavy atom. The van der Waals surface area contributed by atoms with E-state index in [-0.39, 0.29) is 22.2 Å². The zero-order valence-electron chi connectivity index (χ0n) is 11.8. The van der Waals surface area contributed by atoms with E-state index < -0.39 is 9.85 Å². The lowest BCUT2D eigenvalue weighted by molar-refractivity contribution is -0.383. The van der Waals surface area contributed by atoms with Gasteiger partial charge in [-0.1, -0.05) is 29.5 Å². The van der Waals surface area contributed by atoms with Gasteiger partial charge in [0.15, 0.2) is 5.58 Å². The van der Waals surface area contributed by atoms with Crippen LogP contribution in [0.2, 0.25) is 0 Å². The molecule has 4 aromatic rings. The van der Waals surface area contributed by atoms with Crippen LogP contribution < -0.4 is 0 Å². The first-order valence-electron chi connectivity index (χ1n) is 6.76. The average Bonchev–Trinajstić information content (AvgIpc) is 3.20. The summed E-state index contributed by atoms with van der Waals surface area (Å²) in [5, 5.41) is 23.1. The first-order chi connectivity index (χ1) is 11.5. The van der Waals surface area contributed by atoms with E-state index in [4.69, 9.17) is 4.42 Å². The van der Waals surface area contributed by atoms with E-state index in [1.807, 2.05) is 0 Å². The Hall–Kier alpha value is -3.33. The molecule has 0 unspecified atom stereocenters. The molecular formula is C15H7N3O5S. The van der Waals surface area contributed by atoms with E-state index >= 15 is 0 Å². The molecule has 0 amide bonds. The molecule has 0 aliphatic carbocycles. The molecule has 2 aromatic carbocycles. The minimum absolute atomic E-state index is 0.0249. The first kappa shape index (κ1) is 14.3. The van der Waals surface area contributed by atoms with E-state index in [1.54, 1.807) is 30.3 Å². The van der Waals surface area contributed by atoms with Gasteiger partial charge in [-0.15, -0.1) is 0 Å². The van der Waals surface area contributed by atoms with Crippen molar-refractivity contribution in [1.29, 1.82) is 0 Å². The van der Waals surface area contributed by atoms with Crippen LogP contribution in [0.5, 0.6) is 0 Å². The number of nitro benzene ring substituents is 1. The molecule has 8 nitrogen and oxygen atoms in total. The number of benzene rings is 2. The number of fused-ring (bicyclic) bond motifs is 3. The maximum absolute atomic E-state index is 11.3. The van der Waals surface area contributed by atoms with Crippen molar-refractivity contribution >= 4 is 43.9 Å². The van der Waals surface area contributed by atoms with Gasteiger partial charge in [-0.05, 0) is 12.1 Å². The van der Waals surface area contributed by atoms with Crippen molar-refractivity contribution in [1.82, 2.24) is 4.98 Å². The third-order valence-electron chi connectivity index (χ3n) is 3.56. The minimum atomic E-state index is -0.489. The summed E-state index contributed by atoms with van der Waals surface area (Å²) in [6, 6.07) is 11.1. The second-order valence-corrected chi connectivity index (χ2v) is 6.02. The summed E-state index contributed by atoms with van der Waals surface area (Å²) in [6.45, 7) is 0. The van der Waals surface area contributed by atoms with E-state index in [9.17, 15) is 20.2 Å². The van der Waals surface area contributed by atoms with Crippen LogP contribution in [0.4, 0.5) is 10.7 Å². The maximum Gasteiger partial charge on any atom is 0.324 e. The fourth-order valence-electron chi connectivity index (χ4n) is 2.53. The lowest BCUT2D eigenvalue weighted by Gasteiger charge is -1.99. The normalized spacial score (nSPS) is 11.2. The molecule has 0 aliphatic heterocycles. The molecule has 0 spiro atoms. The summed E-state index contributed by atoms with van der Waals surface area (Å²) in [4.78, 5) is 26.0. The zero-order chi connectivity index (χ0) is 16.8. The quantitative estimate of drug-likeness (QED) is 0.400. The predicted octanol–water partition coefficient (Wildman–Crippen LogP) is 4.53. The largest absolute Gasteiger partial charge is 0.435 e. The Labute approximate surface area is 137 Å². The van der Waals surface area contributed by atoms with Gasteiger partial charge < -0.3 is 4.42 Å². The van der Waals surface area contributed by atoms with Crippen molar-refractivity contribution in [3.63, 3.8) is 0 Å². The number of thiophene rings is 1. The standard InChI is InChI=1S/C15H7N3O5S/c19-17(20)10-7-11-14(9-4-2-1-3-8(9)10)16-15(23-11)12-5-6-13(24-12)18(21)22/h1-7H. The van der Waals surface area contributed by atoms with Gasteiger partial charge in [0, 0.05) is 11.5 Å². The summed E-state index contributed by atoms with van der Waals surface area (Å²) in [7, 11) is 0. The molecule has 0 saturated carbocycles. The fraction of sp³-hybridized carbons (Fsp3) is 0. The summed E-state index contributed by atoms with van der Waals surface area (Å²) >= 11 is 0.936. The molecule has 0 saturated heterocycles. The number of aromatic nitrogens is 1. The van der Waals surface area contributed by atoms with Crippen molar-refractivity contribution in [3.05, 3.63) is 62.7 Å². The Morgan fingerprint density at radius 2 is 1.75 bits per heavy atom. The molecule has 0 fully saturated rings. The Kier molecular flexibility index (Phi) is 3.03. The summed E-state index contributed by atoms with van der Waals surface area (Å²) in [6.07, 6.45) is 0. The van der Waals surface area contributed by atoms with E-state index in [1.165, 1.54) is 12.1 Å². The molecule has 0 bridgehead atoms. The zero-order valence-corrected chi connectivity index (χ0v) is 12.6. The van der Waals surface area contributed by atoms with Gasteiger partial charge in [0.25, 0.3) is 5.69 Å². The smallest absolute Gasteiger partial charge is 0.324 e.